The lowest BCUT2D eigenvalue weighted by Crippen LogP contribution is -1.98. The molecule has 0 unspecified atom stereocenters. The van der Waals surface area contributed by atoms with Crippen LogP contribution in [0.2, 0.25) is 0 Å². The fraction of sp³-hybridized carbons (Fsp3) is 0.278. The summed E-state index contributed by atoms with van der Waals surface area (Å²) in [6, 6.07) is 10.6. The predicted molar refractivity (Wildman–Crippen MR) is 85.3 cm³/mol. The molecule has 3 nitrogen and oxygen atoms in total. The Bertz CT molecular complexity index is 765. The molecule has 0 aliphatic rings. The third kappa shape index (κ3) is 3.24. The van der Waals surface area contributed by atoms with Gasteiger partial charge in [-0.3, -0.25) is 15.0 Å². The fourth-order valence-electron chi connectivity index (χ4n) is 2.51. The van der Waals surface area contributed by atoms with Crippen LogP contribution in [0, 0.1) is 6.92 Å². The van der Waals surface area contributed by atoms with E-state index in [1.165, 1.54) is 10.9 Å². The zero-order valence-corrected chi connectivity index (χ0v) is 12.5. The molecule has 0 N–H and O–H groups in total. The minimum absolute atomic E-state index is 0.814. The van der Waals surface area contributed by atoms with Crippen LogP contribution in [0.1, 0.15) is 36.0 Å². The third-order valence-corrected chi connectivity index (χ3v) is 3.52. The molecule has 0 fully saturated rings. The Morgan fingerprint density at radius 3 is 2.67 bits per heavy atom. The van der Waals surface area contributed by atoms with E-state index in [1.807, 2.05) is 25.4 Å². The summed E-state index contributed by atoms with van der Waals surface area (Å²) in [5, 5.41) is 1.18. The molecule has 2 heterocycles. The number of benzene rings is 1. The van der Waals surface area contributed by atoms with E-state index >= 15 is 0 Å². The molecule has 2 aromatic heterocycles. The second kappa shape index (κ2) is 6.00. The van der Waals surface area contributed by atoms with E-state index in [1.54, 1.807) is 0 Å². The van der Waals surface area contributed by atoms with Gasteiger partial charge in [-0.15, -0.1) is 0 Å². The largest absolute Gasteiger partial charge is 0.261 e. The minimum atomic E-state index is 0.814. The number of rotatable bonds is 4. The fourth-order valence-corrected chi connectivity index (χ4v) is 2.51. The van der Waals surface area contributed by atoms with Crippen molar-refractivity contribution < 1.29 is 0 Å². The Kier molecular flexibility index (Phi) is 3.91. The van der Waals surface area contributed by atoms with Gasteiger partial charge >= 0.3 is 0 Å². The second-order valence-electron chi connectivity index (χ2n) is 5.41. The Morgan fingerprint density at radius 1 is 0.952 bits per heavy atom. The van der Waals surface area contributed by atoms with Crippen LogP contribution < -0.4 is 0 Å². The average Bonchev–Trinajstić information content (AvgIpc) is 2.48. The molecule has 0 atom stereocenters. The van der Waals surface area contributed by atoms with Crippen LogP contribution in [0.4, 0.5) is 0 Å². The molecule has 0 saturated carbocycles. The Labute approximate surface area is 125 Å². The van der Waals surface area contributed by atoms with E-state index in [-0.39, 0.29) is 0 Å². The molecule has 0 bridgehead atoms. The van der Waals surface area contributed by atoms with Crippen molar-refractivity contribution in [1.82, 2.24) is 15.0 Å². The Morgan fingerprint density at radius 2 is 1.81 bits per heavy atom. The van der Waals surface area contributed by atoms with Crippen LogP contribution in [0.3, 0.4) is 0 Å². The number of hydrogen-bond acceptors (Lipinski definition) is 3. The summed E-state index contributed by atoms with van der Waals surface area (Å²) in [6.07, 6.45) is 6.62. The lowest BCUT2D eigenvalue weighted by molar-refractivity contribution is 0.850. The normalized spacial score (nSPS) is 11.0. The van der Waals surface area contributed by atoms with Gasteiger partial charge in [0, 0.05) is 29.9 Å². The van der Waals surface area contributed by atoms with Gasteiger partial charge in [-0.2, -0.15) is 0 Å². The molecule has 3 rings (SSSR count). The van der Waals surface area contributed by atoms with E-state index in [2.05, 4.69) is 46.1 Å². The SMILES string of the molecule is CCCc1cncc(Cc2ccc3nc(C)ccc3c2)n1. The van der Waals surface area contributed by atoms with Gasteiger partial charge in [-0.25, -0.2) is 0 Å². The molecule has 0 saturated heterocycles. The summed E-state index contributed by atoms with van der Waals surface area (Å²) in [5.74, 6) is 0. The lowest BCUT2D eigenvalue weighted by atomic mass is 10.1. The van der Waals surface area contributed by atoms with E-state index in [9.17, 15) is 0 Å². The number of aryl methyl sites for hydroxylation is 2. The standard InChI is InChI=1S/C18H19N3/c1-3-4-16-11-19-12-17(21-16)10-14-6-8-18-15(9-14)7-5-13(2)20-18/h5-9,11-12H,3-4,10H2,1-2H3. The molecule has 0 radical (unpaired) electrons. The van der Waals surface area contributed by atoms with E-state index in [0.717, 1.165) is 41.9 Å². The van der Waals surface area contributed by atoms with Gasteiger partial charge in [-0.05, 0) is 37.1 Å². The molecule has 0 amide bonds. The van der Waals surface area contributed by atoms with Crippen molar-refractivity contribution in [3.8, 4) is 0 Å². The van der Waals surface area contributed by atoms with Gasteiger partial charge < -0.3 is 0 Å². The van der Waals surface area contributed by atoms with E-state index in [4.69, 9.17) is 0 Å². The van der Waals surface area contributed by atoms with Crippen molar-refractivity contribution in [2.75, 3.05) is 0 Å². The number of nitrogens with zero attached hydrogens (tertiary/aromatic N) is 3. The number of hydrogen-bond donors (Lipinski definition) is 0. The molecule has 0 spiro atoms. The van der Waals surface area contributed by atoms with Gasteiger partial charge in [-0.1, -0.05) is 25.5 Å². The molecule has 0 aliphatic carbocycles. The molecular formula is C18H19N3. The molecule has 3 heteroatoms. The first-order chi connectivity index (χ1) is 10.2. The van der Waals surface area contributed by atoms with Crippen molar-refractivity contribution >= 4 is 10.9 Å². The van der Waals surface area contributed by atoms with Crippen LogP contribution in [0.25, 0.3) is 10.9 Å². The maximum Gasteiger partial charge on any atom is 0.0705 e. The van der Waals surface area contributed by atoms with E-state index in [0.29, 0.717) is 0 Å². The highest BCUT2D eigenvalue weighted by Gasteiger charge is 2.03. The first kappa shape index (κ1) is 13.7. The summed E-state index contributed by atoms with van der Waals surface area (Å²) in [4.78, 5) is 13.5. The zero-order chi connectivity index (χ0) is 14.7. The zero-order valence-electron chi connectivity index (χ0n) is 12.5. The number of fused-ring (bicyclic) bond motifs is 1. The van der Waals surface area contributed by atoms with Crippen LogP contribution in [-0.2, 0) is 12.8 Å². The third-order valence-electron chi connectivity index (χ3n) is 3.52. The summed E-state index contributed by atoms with van der Waals surface area (Å²) in [6.45, 7) is 4.18. The summed E-state index contributed by atoms with van der Waals surface area (Å²) < 4.78 is 0. The van der Waals surface area contributed by atoms with Crippen molar-refractivity contribution in [2.24, 2.45) is 0 Å². The smallest absolute Gasteiger partial charge is 0.0705 e. The van der Waals surface area contributed by atoms with Gasteiger partial charge in [0.15, 0.2) is 0 Å². The van der Waals surface area contributed by atoms with Gasteiger partial charge in [0.05, 0.1) is 16.9 Å². The highest BCUT2D eigenvalue weighted by Crippen LogP contribution is 2.17. The predicted octanol–water partition coefficient (Wildman–Crippen LogP) is 3.88. The van der Waals surface area contributed by atoms with Crippen molar-refractivity contribution in [2.45, 2.75) is 33.1 Å². The first-order valence-corrected chi connectivity index (χ1v) is 7.40. The van der Waals surface area contributed by atoms with Crippen LogP contribution in [0.5, 0.6) is 0 Å². The maximum atomic E-state index is 4.67. The summed E-state index contributed by atoms with van der Waals surface area (Å²) >= 11 is 0. The highest BCUT2D eigenvalue weighted by atomic mass is 14.8. The van der Waals surface area contributed by atoms with Crippen LogP contribution >= 0.6 is 0 Å². The highest BCUT2D eigenvalue weighted by molar-refractivity contribution is 5.79. The molecular weight excluding hydrogens is 258 g/mol. The van der Waals surface area contributed by atoms with Crippen molar-refractivity contribution in [3.63, 3.8) is 0 Å². The second-order valence-corrected chi connectivity index (χ2v) is 5.41. The van der Waals surface area contributed by atoms with Crippen LogP contribution in [0.15, 0.2) is 42.7 Å². The monoisotopic (exact) mass is 277 g/mol. The van der Waals surface area contributed by atoms with Crippen molar-refractivity contribution in [3.05, 3.63) is 65.4 Å². The lowest BCUT2D eigenvalue weighted by Gasteiger charge is -2.05. The van der Waals surface area contributed by atoms with Gasteiger partial charge in [0.25, 0.3) is 0 Å². The quantitative estimate of drug-likeness (QED) is 0.726. The first-order valence-electron chi connectivity index (χ1n) is 7.40. The average molecular weight is 277 g/mol. The number of pyridine rings is 1. The summed E-state index contributed by atoms with van der Waals surface area (Å²) in [5.41, 5.74) is 5.45. The molecule has 1 aromatic carbocycles. The molecule has 0 aliphatic heterocycles. The molecule has 21 heavy (non-hydrogen) atoms. The minimum Gasteiger partial charge on any atom is -0.261 e. The van der Waals surface area contributed by atoms with Gasteiger partial charge in [0.1, 0.15) is 0 Å². The molecule has 3 aromatic rings. The maximum absolute atomic E-state index is 4.67. The molecule has 106 valence electrons. The Hall–Kier alpha value is -2.29. The van der Waals surface area contributed by atoms with Crippen LogP contribution in [-0.4, -0.2) is 15.0 Å². The number of aromatic nitrogens is 3. The van der Waals surface area contributed by atoms with E-state index < -0.39 is 0 Å². The Balaban J connectivity index is 1.87. The summed E-state index contributed by atoms with van der Waals surface area (Å²) in [7, 11) is 0. The van der Waals surface area contributed by atoms with Gasteiger partial charge in [0.2, 0.25) is 0 Å². The van der Waals surface area contributed by atoms with Crippen molar-refractivity contribution in [1.29, 1.82) is 0 Å². The topological polar surface area (TPSA) is 38.7 Å².